The summed E-state index contributed by atoms with van der Waals surface area (Å²) in [7, 11) is 0. The lowest BCUT2D eigenvalue weighted by atomic mass is 10.3. The van der Waals surface area contributed by atoms with Gasteiger partial charge in [0.05, 0.1) is 12.2 Å². The molecule has 0 aliphatic heterocycles. The van der Waals surface area contributed by atoms with Crippen LogP contribution in [-0.2, 0) is 6.54 Å². The van der Waals surface area contributed by atoms with Crippen molar-refractivity contribution in [2.75, 3.05) is 5.73 Å². The first kappa shape index (κ1) is 12.5. The number of nitrogens with one attached hydrogen (secondary N) is 1. The van der Waals surface area contributed by atoms with Gasteiger partial charge in [-0.1, -0.05) is 5.16 Å². The van der Waals surface area contributed by atoms with E-state index in [9.17, 15) is 4.79 Å². The van der Waals surface area contributed by atoms with Gasteiger partial charge in [-0.3, -0.25) is 4.79 Å². The average molecular weight is 290 g/mol. The molecule has 0 fully saturated rings. The Morgan fingerprint density at radius 2 is 2.25 bits per heavy atom. The topological polar surface area (TPSA) is 120 Å². The summed E-state index contributed by atoms with van der Waals surface area (Å²) in [6.07, 6.45) is 3.09. The summed E-state index contributed by atoms with van der Waals surface area (Å²) in [5.74, 6) is 0.547. The van der Waals surface area contributed by atoms with Gasteiger partial charge >= 0.3 is 0 Å². The van der Waals surface area contributed by atoms with Crippen LogP contribution in [0, 0.1) is 6.92 Å². The molecule has 0 aliphatic carbocycles. The molecule has 3 rings (SSSR count). The maximum absolute atomic E-state index is 12.1. The van der Waals surface area contributed by atoms with E-state index in [4.69, 9.17) is 10.3 Å². The fourth-order valence-electron chi connectivity index (χ4n) is 1.67. The monoisotopic (exact) mass is 290 g/mol. The molecule has 1 amide bonds. The summed E-state index contributed by atoms with van der Waals surface area (Å²) >= 11 is 1.20. The normalized spacial score (nSPS) is 10.8. The second-order valence-electron chi connectivity index (χ2n) is 3.97. The minimum absolute atomic E-state index is 0.171. The van der Waals surface area contributed by atoms with Crippen LogP contribution >= 0.6 is 11.3 Å². The highest BCUT2D eigenvalue weighted by molar-refractivity contribution is 7.21. The number of nitrogen functional groups attached to an aromatic ring is 1. The van der Waals surface area contributed by atoms with Crippen LogP contribution in [0.2, 0.25) is 0 Å². The van der Waals surface area contributed by atoms with Crippen molar-refractivity contribution >= 4 is 33.3 Å². The second kappa shape index (κ2) is 4.85. The third-order valence-electron chi connectivity index (χ3n) is 2.55. The number of hydrogen-bond donors (Lipinski definition) is 2. The largest absolute Gasteiger partial charge is 0.396 e. The molecule has 0 aromatic carbocycles. The minimum atomic E-state index is -0.310. The van der Waals surface area contributed by atoms with Crippen LogP contribution < -0.4 is 11.1 Å². The Bertz CT molecular complexity index is 780. The second-order valence-corrected chi connectivity index (χ2v) is 4.97. The minimum Gasteiger partial charge on any atom is -0.396 e. The Balaban J connectivity index is 1.80. The summed E-state index contributed by atoms with van der Waals surface area (Å²) in [6.45, 7) is 1.85. The van der Waals surface area contributed by atoms with Crippen LogP contribution in [0.5, 0.6) is 0 Å². The van der Waals surface area contributed by atoms with Gasteiger partial charge in [-0.15, -0.1) is 11.3 Å². The number of nitrogens with zero attached hydrogens (tertiary/aromatic N) is 4. The number of thiophene rings is 1. The molecule has 9 heteroatoms. The maximum Gasteiger partial charge on any atom is 0.264 e. The maximum atomic E-state index is 12.1. The van der Waals surface area contributed by atoms with E-state index in [1.54, 1.807) is 13.1 Å². The predicted molar refractivity (Wildman–Crippen MR) is 72.0 cm³/mol. The quantitative estimate of drug-likeness (QED) is 0.735. The van der Waals surface area contributed by atoms with Crippen LogP contribution in [0.15, 0.2) is 16.9 Å². The third-order valence-corrected chi connectivity index (χ3v) is 3.65. The van der Waals surface area contributed by atoms with Gasteiger partial charge in [0.1, 0.15) is 15.2 Å². The molecule has 0 atom stereocenters. The molecule has 0 radical (unpaired) electrons. The van der Waals surface area contributed by atoms with Gasteiger partial charge in [0.2, 0.25) is 5.89 Å². The number of aromatic nitrogens is 4. The van der Waals surface area contributed by atoms with E-state index in [0.717, 1.165) is 0 Å². The molecule has 3 N–H and O–H groups in total. The summed E-state index contributed by atoms with van der Waals surface area (Å²) in [4.78, 5) is 25.3. The number of amides is 1. The number of anilines is 1. The molecule has 102 valence electrons. The van der Waals surface area contributed by atoms with Crippen molar-refractivity contribution in [2.24, 2.45) is 0 Å². The Hall–Kier alpha value is -2.55. The first-order valence-corrected chi connectivity index (χ1v) is 6.53. The lowest BCUT2D eigenvalue weighted by Gasteiger charge is -2.00. The first-order valence-electron chi connectivity index (χ1n) is 5.71. The predicted octanol–water partition coefficient (Wildman–Crippen LogP) is 0.895. The average Bonchev–Trinajstić information content (AvgIpc) is 3.01. The van der Waals surface area contributed by atoms with Crippen LogP contribution in [-0.4, -0.2) is 26.0 Å². The fraction of sp³-hybridized carbons (Fsp3) is 0.182. The lowest BCUT2D eigenvalue weighted by Crippen LogP contribution is -2.23. The van der Waals surface area contributed by atoms with E-state index in [1.807, 2.05) is 0 Å². The van der Waals surface area contributed by atoms with E-state index in [1.165, 1.54) is 17.5 Å². The van der Waals surface area contributed by atoms with E-state index in [2.05, 4.69) is 25.4 Å². The molecule has 3 aromatic rings. The fourth-order valence-corrected chi connectivity index (χ4v) is 2.60. The zero-order valence-electron chi connectivity index (χ0n) is 10.5. The van der Waals surface area contributed by atoms with E-state index in [-0.39, 0.29) is 12.5 Å². The van der Waals surface area contributed by atoms with Crippen molar-refractivity contribution in [1.29, 1.82) is 0 Å². The summed E-state index contributed by atoms with van der Waals surface area (Å²) < 4.78 is 4.82. The van der Waals surface area contributed by atoms with Gasteiger partial charge in [-0.25, -0.2) is 9.97 Å². The molecule has 3 heterocycles. The smallest absolute Gasteiger partial charge is 0.264 e. The van der Waals surface area contributed by atoms with E-state index >= 15 is 0 Å². The number of fused-ring (bicyclic) bond motifs is 1. The molecule has 0 spiro atoms. The zero-order valence-corrected chi connectivity index (χ0v) is 11.3. The highest BCUT2D eigenvalue weighted by Gasteiger charge is 2.18. The summed E-state index contributed by atoms with van der Waals surface area (Å²) in [6, 6.07) is 0. The molecular formula is C11H10N6O2S. The zero-order chi connectivity index (χ0) is 14.1. The van der Waals surface area contributed by atoms with E-state index < -0.39 is 0 Å². The summed E-state index contributed by atoms with van der Waals surface area (Å²) in [5, 5.41) is 6.37. The van der Waals surface area contributed by atoms with Gasteiger partial charge in [0, 0.05) is 19.3 Å². The molecule has 0 unspecified atom stereocenters. The number of rotatable bonds is 3. The van der Waals surface area contributed by atoms with Crippen molar-refractivity contribution in [3.8, 4) is 0 Å². The number of aryl methyl sites for hydroxylation is 1. The lowest BCUT2D eigenvalue weighted by molar-refractivity contribution is 0.0954. The van der Waals surface area contributed by atoms with Gasteiger partial charge < -0.3 is 15.6 Å². The van der Waals surface area contributed by atoms with Gasteiger partial charge in [-0.05, 0) is 0 Å². The van der Waals surface area contributed by atoms with Crippen LogP contribution in [0.3, 0.4) is 0 Å². The van der Waals surface area contributed by atoms with Crippen LogP contribution in [0.4, 0.5) is 5.69 Å². The van der Waals surface area contributed by atoms with Gasteiger partial charge in [-0.2, -0.15) is 4.98 Å². The molecule has 0 saturated heterocycles. The van der Waals surface area contributed by atoms with Crippen molar-refractivity contribution < 1.29 is 9.32 Å². The molecule has 3 aromatic heterocycles. The summed E-state index contributed by atoms with van der Waals surface area (Å²) in [5.41, 5.74) is 6.78. The molecular weight excluding hydrogens is 280 g/mol. The Morgan fingerprint density at radius 1 is 1.45 bits per heavy atom. The van der Waals surface area contributed by atoms with Crippen molar-refractivity contribution in [2.45, 2.75) is 13.5 Å². The van der Waals surface area contributed by atoms with Crippen molar-refractivity contribution in [3.05, 3.63) is 29.0 Å². The molecule has 0 saturated carbocycles. The third kappa shape index (κ3) is 2.18. The SMILES string of the molecule is Cc1nc(CNC(=O)c2sc3nccnc3c2N)no1. The van der Waals surface area contributed by atoms with Gasteiger partial charge in [0.15, 0.2) is 5.82 Å². The van der Waals surface area contributed by atoms with E-state index in [0.29, 0.717) is 32.6 Å². The standard InChI is InChI=1S/C11H10N6O2S/c1-5-16-6(17-19-5)4-15-10(18)9-7(12)8-11(20-9)14-3-2-13-8/h2-3H,4,12H2,1H3,(H,15,18). The number of carbonyl (C=O) groups is 1. The molecule has 0 bridgehead atoms. The van der Waals surface area contributed by atoms with Crippen molar-refractivity contribution in [3.63, 3.8) is 0 Å². The van der Waals surface area contributed by atoms with Gasteiger partial charge in [0.25, 0.3) is 5.91 Å². The number of carbonyl (C=O) groups excluding carboxylic acids is 1. The number of nitrogens with two attached hydrogens (primary N) is 1. The highest BCUT2D eigenvalue weighted by Crippen LogP contribution is 2.30. The first-order chi connectivity index (χ1) is 9.65. The molecule has 8 nitrogen and oxygen atoms in total. The van der Waals surface area contributed by atoms with Crippen LogP contribution in [0.25, 0.3) is 10.3 Å². The Morgan fingerprint density at radius 3 is 2.95 bits per heavy atom. The molecule has 0 aliphatic rings. The Labute approximate surface area is 117 Å². The Kier molecular flexibility index (Phi) is 3.03. The number of hydrogen-bond acceptors (Lipinski definition) is 8. The van der Waals surface area contributed by atoms with Crippen LogP contribution in [0.1, 0.15) is 21.4 Å². The highest BCUT2D eigenvalue weighted by atomic mass is 32.1. The van der Waals surface area contributed by atoms with Crippen molar-refractivity contribution in [1.82, 2.24) is 25.4 Å². The molecule has 20 heavy (non-hydrogen) atoms.